The fourth-order valence-corrected chi connectivity index (χ4v) is 3.70. The summed E-state index contributed by atoms with van der Waals surface area (Å²) in [6.45, 7) is -0.270. The van der Waals surface area contributed by atoms with E-state index in [-0.39, 0.29) is 35.9 Å². The van der Waals surface area contributed by atoms with Crippen molar-refractivity contribution in [3.8, 4) is 11.4 Å². The molecule has 1 atom stereocenters. The predicted molar refractivity (Wildman–Crippen MR) is 109 cm³/mol. The van der Waals surface area contributed by atoms with Crippen LogP contribution in [0.25, 0.3) is 5.69 Å². The number of amides is 2. The number of nitrogens with zero attached hydrogens (tertiary/aromatic N) is 1. The van der Waals surface area contributed by atoms with Crippen LogP contribution in [-0.2, 0) is 9.59 Å². The first kappa shape index (κ1) is 20.1. The van der Waals surface area contributed by atoms with Gasteiger partial charge in [0.2, 0.25) is 5.91 Å². The number of fused-ring (bicyclic) bond motifs is 1. The van der Waals surface area contributed by atoms with Crippen molar-refractivity contribution in [1.29, 1.82) is 0 Å². The number of primary amides is 1. The normalized spacial score (nSPS) is 15.1. The second kappa shape index (κ2) is 7.94. The molecule has 1 aliphatic rings. The van der Waals surface area contributed by atoms with Crippen LogP contribution in [0.5, 0.6) is 5.75 Å². The molecule has 0 aliphatic carbocycles. The largest absolute Gasteiger partial charge is 0.484 e. The summed E-state index contributed by atoms with van der Waals surface area (Å²) in [5, 5.41) is 12.3. The molecule has 1 aliphatic heterocycles. The first-order valence-electron chi connectivity index (χ1n) is 9.39. The lowest BCUT2D eigenvalue weighted by atomic mass is 9.88. The van der Waals surface area contributed by atoms with Gasteiger partial charge in [-0.15, -0.1) is 0 Å². The molecule has 8 nitrogen and oxygen atoms in total. The molecule has 1 aromatic heterocycles. The summed E-state index contributed by atoms with van der Waals surface area (Å²) < 4.78 is 21.3. The van der Waals surface area contributed by atoms with E-state index >= 15 is 0 Å². The van der Waals surface area contributed by atoms with Gasteiger partial charge in [-0.05, 0) is 29.8 Å². The second-order valence-electron chi connectivity index (χ2n) is 7.06. The Balaban J connectivity index is 1.83. The van der Waals surface area contributed by atoms with Crippen molar-refractivity contribution in [2.24, 2.45) is 5.73 Å². The summed E-state index contributed by atoms with van der Waals surface area (Å²) in [5.41, 5.74) is 6.44. The number of para-hydroxylation sites is 1. The monoisotopic (exact) mass is 423 g/mol. The summed E-state index contributed by atoms with van der Waals surface area (Å²) >= 11 is 0. The number of aromatic nitrogens is 1. The first-order valence-corrected chi connectivity index (χ1v) is 9.39. The maximum Gasteiger partial charge on any atom is 0.339 e. The van der Waals surface area contributed by atoms with Gasteiger partial charge in [-0.1, -0.05) is 24.3 Å². The molecule has 9 heteroatoms. The lowest BCUT2D eigenvalue weighted by Gasteiger charge is -2.26. The molecule has 2 heterocycles. The number of ether oxygens (including phenoxy) is 1. The Hall–Kier alpha value is -4.14. The average Bonchev–Trinajstić information content (AvgIpc) is 3.12. The van der Waals surface area contributed by atoms with Gasteiger partial charge >= 0.3 is 5.97 Å². The Morgan fingerprint density at radius 1 is 1.19 bits per heavy atom. The van der Waals surface area contributed by atoms with Crippen LogP contribution in [0.15, 0.2) is 54.7 Å². The minimum Gasteiger partial charge on any atom is -0.484 e. The van der Waals surface area contributed by atoms with E-state index in [1.54, 1.807) is 30.3 Å². The molecule has 0 spiro atoms. The topological polar surface area (TPSA) is 124 Å². The molecule has 158 valence electrons. The molecule has 4 N–H and O–H groups in total. The van der Waals surface area contributed by atoms with Gasteiger partial charge in [0.25, 0.3) is 5.91 Å². The highest BCUT2D eigenvalue weighted by Crippen LogP contribution is 2.42. The highest BCUT2D eigenvalue weighted by Gasteiger charge is 2.34. The zero-order valence-corrected chi connectivity index (χ0v) is 16.2. The van der Waals surface area contributed by atoms with E-state index in [1.807, 2.05) is 0 Å². The smallest absolute Gasteiger partial charge is 0.339 e. The van der Waals surface area contributed by atoms with Gasteiger partial charge in [-0.2, -0.15) is 0 Å². The van der Waals surface area contributed by atoms with Gasteiger partial charge in [-0.3, -0.25) is 9.59 Å². The van der Waals surface area contributed by atoms with Crippen molar-refractivity contribution >= 4 is 23.5 Å². The van der Waals surface area contributed by atoms with Gasteiger partial charge in [0, 0.05) is 18.5 Å². The number of carboxylic acids is 1. The van der Waals surface area contributed by atoms with E-state index < -0.39 is 23.6 Å². The molecule has 0 bridgehead atoms. The molecule has 2 amide bonds. The third kappa shape index (κ3) is 3.85. The van der Waals surface area contributed by atoms with Crippen LogP contribution < -0.4 is 15.8 Å². The molecule has 4 rings (SSSR count). The average molecular weight is 423 g/mol. The molecule has 3 aromatic rings. The number of hydrogen-bond acceptors (Lipinski definition) is 4. The lowest BCUT2D eigenvalue weighted by Crippen LogP contribution is -2.25. The molecular formula is C22H18FN3O5. The zero-order chi connectivity index (χ0) is 22.1. The third-order valence-corrected chi connectivity index (χ3v) is 5.03. The number of anilines is 1. The fraction of sp³-hybridized carbons (Fsp3) is 0.136. The van der Waals surface area contributed by atoms with Gasteiger partial charge < -0.3 is 25.5 Å². The fourth-order valence-electron chi connectivity index (χ4n) is 3.70. The van der Waals surface area contributed by atoms with Crippen molar-refractivity contribution in [2.45, 2.75) is 12.3 Å². The van der Waals surface area contributed by atoms with Crippen LogP contribution in [0.3, 0.4) is 0 Å². The Morgan fingerprint density at radius 3 is 2.55 bits per heavy atom. The lowest BCUT2D eigenvalue weighted by molar-refractivity contribution is -0.120. The van der Waals surface area contributed by atoms with E-state index in [2.05, 4.69) is 5.32 Å². The van der Waals surface area contributed by atoms with Crippen molar-refractivity contribution in [2.75, 3.05) is 11.9 Å². The first-order chi connectivity index (χ1) is 14.8. The minimum absolute atomic E-state index is 0.0476. The van der Waals surface area contributed by atoms with Crippen molar-refractivity contribution in [3.63, 3.8) is 0 Å². The summed E-state index contributed by atoms with van der Waals surface area (Å²) in [6.07, 6.45) is 1.36. The summed E-state index contributed by atoms with van der Waals surface area (Å²) in [6, 6.07) is 12.7. The van der Waals surface area contributed by atoms with Gasteiger partial charge in [-0.25, -0.2) is 9.18 Å². The van der Waals surface area contributed by atoms with Crippen LogP contribution in [0.1, 0.15) is 34.0 Å². The Kier molecular flexibility index (Phi) is 5.16. The maximum absolute atomic E-state index is 14.6. The molecular weight excluding hydrogens is 405 g/mol. The van der Waals surface area contributed by atoms with Crippen molar-refractivity contribution < 1.29 is 28.6 Å². The maximum atomic E-state index is 14.6. The molecule has 31 heavy (non-hydrogen) atoms. The SMILES string of the molecule is NC(=O)COc1ccc(C2CC(=O)Nc3c(C(=O)O)cn(-c4ccccc4F)c32)cc1. The molecule has 0 fully saturated rings. The van der Waals surface area contributed by atoms with E-state index in [1.165, 1.54) is 29.0 Å². The molecule has 1 unspecified atom stereocenters. The standard InChI is InChI=1S/C22H18FN3O5/c23-16-3-1-2-4-17(16)26-10-15(22(29)30)20-21(26)14(9-19(28)25-20)12-5-7-13(8-6-12)31-11-18(24)27/h1-8,10,14H,9,11H2,(H2,24,27)(H,25,28)(H,29,30). The Labute approximate surface area is 176 Å². The van der Waals surface area contributed by atoms with Crippen LogP contribution >= 0.6 is 0 Å². The van der Waals surface area contributed by atoms with E-state index in [0.717, 1.165) is 0 Å². The van der Waals surface area contributed by atoms with Crippen LogP contribution in [0.4, 0.5) is 10.1 Å². The van der Waals surface area contributed by atoms with Gasteiger partial charge in [0.1, 0.15) is 17.1 Å². The van der Waals surface area contributed by atoms with Crippen LogP contribution in [0.2, 0.25) is 0 Å². The number of carbonyl (C=O) groups excluding carboxylic acids is 2. The van der Waals surface area contributed by atoms with E-state index in [9.17, 15) is 23.9 Å². The minimum atomic E-state index is -1.23. The number of carbonyl (C=O) groups is 3. The highest BCUT2D eigenvalue weighted by atomic mass is 19.1. The molecule has 2 aromatic carbocycles. The molecule has 0 saturated heterocycles. The molecule has 0 saturated carbocycles. The third-order valence-electron chi connectivity index (χ3n) is 5.03. The summed E-state index contributed by atoms with van der Waals surface area (Å²) in [4.78, 5) is 35.1. The number of hydrogen-bond donors (Lipinski definition) is 3. The number of carboxylic acid groups (broad SMARTS) is 1. The zero-order valence-electron chi connectivity index (χ0n) is 16.2. The molecule has 0 radical (unpaired) electrons. The Bertz CT molecular complexity index is 1190. The highest BCUT2D eigenvalue weighted by molar-refractivity contribution is 6.04. The number of nitrogens with one attached hydrogen (secondary N) is 1. The van der Waals surface area contributed by atoms with E-state index in [0.29, 0.717) is 17.0 Å². The Morgan fingerprint density at radius 2 is 1.90 bits per heavy atom. The summed E-state index contributed by atoms with van der Waals surface area (Å²) in [7, 11) is 0. The second-order valence-corrected chi connectivity index (χ2v) is 7.06. The van der Waals surface area contributed by atoms with E-state index in [4.69, 9.17) is 10.5 Å². The van der Waals surface area contributed by atoms with Crippen LogP contribution in [-0.4, -0.2) is 34.1 Å². The van der Waals surface area contributed by atoms with Gasteiger partial charge in [0.05, 0.1) is 17.1 Å². The number of rotatable bonds is 6. The predicted octanol–water partition coefficient (Wildman–Crippen LogP) is 2.65. The van der Waals surface area contributed by atoms with Crippen LogP contribution in [0, 0.1) is 5.82 Å². The van der Waals surface area contributed by atoms with Gasteiger partial charge in [0.15, 0.2) is 6.61 Å². The number of halogens is 1. The quantitative estimate of drug-likeness (QED) is 0.562. The van der Waals surface area contributed by atoms with Crippen molar-refractivity contribution in [1.82, 2.24) is 4.57 Å². The van der Waals surface area contributed by atoms with Crippen molar-refractivity contribution in [3.05, 3.63) is 77.4 Å². The summed E-state index contributed by atoms with van der Waals surface area (Å²) in [5.74, 6) is -2.83. The number of benzene rings is 2. The number of aromatic carboxylic acids is 1. The number of nitrogens with two attached hydrogens (primary N) is 1.